The van der Waals surface area contributed by atoms with Gasteiger partial charge in [-0.25, -0.2) is 0 Å². The van der Waals surface area contributed by atoms with Gasteiger partial charge in [0, 0.05) is 11.3 Å². The van der Waals surface area contributed by atoms with Crippen LogP contribution in [0, 0.1) is 6.92 Å². The van der Waals surface area contributed by atoms with Crippen molar-refractivity contribution < 1.29 is 13.2 Å². The van der Waals surface area contributed by atoms with Gasteiger partial charge in [-0.2, -0.15) is 13.2 Å². The van der Waals surface area contributed by atoms with E-state index in [1.807, 2.05) is 98.8 Å². The number of alkyl halides is 3. The second-order valence-electron chi connectivity index (χ2n) is 7.71. The monoisotopic (exact) mass is 429 g/mol. The van der Waals surface area contributed by atoms with Crippen LogP contribution >= 0.6 is 0 Å². The first-order valence-electron chi connectivity index (χ1n) is 10.3. The summed E-state index contributed by atoms with van der Waals surface area (Å²) in [6.07, 6.45) is -4.46. The van der Waals surface area contributed by atoms with Crippen LogP contribution in [0.2, 0.25) is 0 Å². The topological polar surface area (TPSA) is 12.4 Å². The zero-order valence-electron chi connectivity index (χ0n) is 17.8. The normalized spacial score (nSPS) is 12.1. The summed E-state index contributed by atoms with van der Waals surface area (Å²) >= 11 is 0. The molecule has 160 valence electrons. The molecule has 0 aliphatic heterocycles. The van der Waals surface area contributed by atoms with Crippen LogP contribution in [0.3, 0.4) is 0 Å². The van der Waals surface area contributed by atoms with Crippen molar-refractivity contribution in [2.24, 2.45) is 4.99 Å². The van der Waals surface area contributed by atoms with Crippen LogP contribution in [0.4, 0.5) is 18.9 Å². The Hall–Kier alpha value is -3.66. The van der Waals surface area contributed by atoms with Crippen molar-refractivity contribution in [3.05, 3.63) is 114 Å². The van der Waals surface area contributed by atoms with Gasteiger partial charge in [0.05, 0.1) is 11.3 Å². The molecule has 0 aliphatic carbocycles. The summed E-state index contributed by atoms with van der Waals surface area (Å²) in [6, 6.07) is 28.5. The highest BCUT2D eigenvalue weighted by molar-refractivity contribution is 6.11. The van der Waals surface area contributed by atoms with Crippen LogP contribution in [0.5, 0.6) is 0 Å². The first kappa shape index (κ1) is 21.6. The van der Waals surface area contributed by atoms with Crippen LogP contribution in [0.1, 0.15) is 23.6 Å². The highest BCUT2D eigenvalue weighted by Crippen LogP contribution is 2.40. The molecule has 0 fully saturated rings. The van der Waals surface area contributed by atoms with Gasteiger partial charge in [-0.3, -0.25) is 4.99 Å². The van der Waals surface area contributed by atoms with E-state index >= 15 is 0 Å². The fraction of sp³-hybridized carbons (Fsp3) is 0.107. The van der Waals surface area contributed by atoms with Gasteiger partial charge in [-0.05, 0) is 60.4 Å². The maximum Gasteiger partial charge on any atom is 0.416 e. The molecule has 0 aromatic heterocycles. The molecule has 0 N–H and O–H groups in total. The van der Waals surface area contributed by atoms with Crippen molar-refractivity contribution >= 4 is 11.4 Å². The Labute approximate surface area is 185 Å². The maximum atomic E-state index is 13.9. The summed E-state index contributed by atoms with van der Waals surface area (Å²) in [7, 11) is 0. The van der Waals surface area contributed by atoms with E-state index in [2.05, 4.69) is 0 Å². The molecule has 0 spiro atoms. The lowest BCUT2D eigenvalue weighted by molar-refractivity contribution is -0.137. The number of rotatable bonds is 4. The largest absolute Gasteiger partial charge is 0.416 e. The smallest absolute Gasteiger partial charge is 0.253 e. The number of aryl methyl sites for hydroxylation is 1. The predicted molar refractivity (Wildman–Crippen MR) is 125 cm³/mol. The lowest BCUT2D eigenvalue weighted by atomic mass is 9.87. The van der Waals surface area contributed by atoms with E-state index in [1.165, 1.54) is 12.1 Å². The highest BCUT2D eigenvalue weighted by Gasteiger charge is 2.33. The Balaban J connectivity index is 2.04. The molecule has 0 saturated heterocycles. The zero-order chi connectivity index (χ0) is 22.7. The van der Waals surface area contributed by atoms with Crippen molar-refractivity contribution in [1.82, 2.24) is 0 Å². The zero-order valence-corrected chi connectivity index (χ0v) is 17.8. The molecule has 4 aromatic rings. The average Bonchev–Trinajstić information content (AvgIpc) is 2.80. The number of aliphatic imine (C=N–C) groups is 1. The van der Waals surface area contributed by atoms with Crippen LogP contribution < -0.4 is 0 Å². The minimum absolute atomic E-state index is 0.507. The van der Waals surface area contributed by atoms with Gasteiger partial charge in [0.25, 0.3) is 0 Å². The summed E-state index contributed by atoms with van der Waals surface area (Å²) in [4.78, 5) is 4.77. The maximum absolute atomic E-state index is 13.9. The summed E-state index contributed by atoms with van der Waals surface area (Å²) in [5, 5.41) is 0. The first-order valence-corrected chi connectivity index (χ1v) is 10.3. The van der Waals surface area contributed by atoms with E-state index in [4.69, 9.17) is 4.99 Å². The summed E-state index contributed by atoms with van der Waals surface area (Å²) in [6.45, 7) is 3.85. The Morgan fingerprint density at radius 2 is 1.16 bits per heavy atom. The number of nitrogens with zero attached hydrogens (tertiary/aromatic N) is 1. The fourth-order valence-electron chi connectivity index (χ4n) is 3.76. The van der Waals surface area contributed by atoms with Gasteiger partial charge in [0.2, 0.25) is 0 Å². The minimum atomic E-state index is -4.46. The first-order chi connectivity index (χ1) is 15.3. The van der Waals surface area contributed by atoms with Gasteiger partial charge in [-0.1, -0.05) is 78.4 Å². The van der Waals surface area contributed by atoms with Gasteiger partial charge in [-0.15, -0.1) is 0 Å². The quantitative estimate of drug-likeness (QED) is 0.288. The molecule has 0 bridgehead atoms. The Morgan fingerprint density at radius 1 is 0.688 bits per heavy atom. The molecule has 4 rings (SSSR count). The molecular formula is C28H22F3N. The molecule has 4 heteroatoms. The van der Waals surface area contributed by atoms with Crippen LogP contribution in [0.15, 0.2) is 102 Å². The Bertz CT molecular complexity index is 1180. The predicted octanol–water partition coefficient (Wildman–Crippen LogP) is 8.49. The van der Waals surface area contributed by atoms with Gasteiger partial charge < -0.3 is 0 Å². The molecule has 0 amide bonds. The molecule has 0 saturated carbocycles. The number of benzene rings is 4. The van der Waals surface area contributed by atoms with E-state index < -0.39 is 11.7 Å². The number of hydrogen-bond donors (Lipinski definition) is 0. The molecule has 1 nitrogen and oxygen atoms in total. The summed E-state index contributed by atoms with van der Waals surface area (Å²) in [5.41, 5.74) is 4.98. The molecule has 0 radical (unpaired) electrons. The molecule has 0 atom stereocenters. The van der Waals surface area contributed by atoms with Crippen molar-refractivity contribution in [2.45, 2.75) is 20.0 Å². The second-order valence-corrected chi connectivity index (χ2v) is 7.71. The standard InChI is InChI=1S/C28H22F3N/c1-19-13-15-24(16-14-19)32-20(2)27-25(21-9-5-3-6-10-21)17-23(28(29,30)31)18-26(27)22-11-7-4-8-12-22/h3-18H,1-2H3. The molecule has 0 unspecified atom stereocenters. The van der Waals surface area contributed by atoms with Crippen LogP contribution in [0.25, 0.3) is 22.3 Å². The molecule has 32 heavy (non-hydrogen) atoms. The van der Waals surface area contributed by atoms with E-state index in [0.29, 0.717) is 33.5 Å². The number of halogens is 3. The fourth-order valence-corrected chi connectivity index (χ4v) is 3.76. The van der Waals surface area contributed by atoms with E-state index in [-0.39, 0.29) is 0 Å². The van der Waals surface area contributed by atoms with E-state index in [9.17, 15) is 13.2 Å². The highest BCUT2D eigenvalue weighted by atomic mass is 19.4. The second kappa shape index (κ2) is 8.83. The van der Waals surface area contributed by atoms with Crippen LogP contribution in [-0.2, 0) is 6.18 Å². The van der Waals surface area contributed by atoms with Crippen molar-refractivity contribution in [3.8, 4) is 22.3 Å². The third-order valence-electron chi connectivity index (χ3n) is 5.33. The molecule has 0 aliphatic rings. The average molecular weight is 429 g/mol. The van der Waals surface area contributed by atoms with Crippen molar-refractivity contribution in [1.29, 1.82) is 0 Å². The lowest BCUT2D eigenvalue weighted by Crippen LogP contribution is -2.09. The minimum Gasteiger partial charge on any atom is -0.253 e. The number of hydrogen-bond acceptors (Lipinski definition) is 1. The molecule has 0 heterocycles. The Morgan fingerprint density at radius 3 is 1.59 bits per heavy atom. The van der Waals surface area contributed by atoms with E-state index in [1.54, 1.807) is 0 Å². The van der Waals surface area contributed by atoms with E-state index in [0.717, 1.165) is 11.3 Å². The molecular weight excluding hydrogens is 407 g/mol. The SMILES string of the molecule is CC(=Nc1ccc(C)cc1)c1c(-c2ccccc2)cc(C(F)(F)F)cc1-c1ccccc1. The Kier molecular flexibility index (Phi) is 5.95. The van der Waals surface area contributed by atoms with Crippen molar-refractivity contribution in [2.75, 3.05) is 0 Å². The lowest BCUT2D eigenvalue weighted by Gasteiger charge is -2.19. The third-order valence-corrected chi connectivity index (χ3v) is 5.33. The third kappa shape index (κ3) is 4.65. The summed E-state index contributed by atoms with van der Waals surface area (Å²) < 4.78 is 41.6. The molecule has 4 aromatic carbocycles. The summed E-state index contributed by atoms with van der Waals surface area (Å²) in [5.74, 6) is 0. The van der Waals surface area contributed by atoms with Gasteiger partial charge in [0.1, 0.15) is 0 Å². The van der Waals surface area contributed by atoms with Gasteiger partial charge in [0.15, 0.2) is 0 Å². The van der Waals surface area contributed by atoms with Gasteiger partial charge >= 0.3 is 6.18 Å². The van der Waals surface area contributed by atoms with Crippen molar-refractivity contribution in [3.63, 3.8) is 0 Å². The van der Waals surface area contributed by atoms with Crippen LogP contribution in [-0.4, -0.2) is 5.71 Å².